The number of ether oxygens (including phenoxy) is 1. The Morgan fingerprint density at radius 3 is 2.64 bits per heavy atom. The monoisotopic (exact) mass is 330 g/mol. The molecule has 0 radical (unpaired) electrons. The third-order valence-corrected chi connectivity index (χ3v) is 3.66. The van der Waals surface area contributed by atoms with Crippen LogP contribution in [0.15, 0.2) is 24.3 Å². The number of halogens is 2. The van der Waals surface area contributed by atoms with Crippen molar-refractivity contribution in [3.63, 3.8) is 0 Å². The zero-order chi connectivity index (χ0) is 15.4. The summed E-state index contributed by atoms with van der Waals surface area (Å²) in [6, 6.07) is 5.75. The van der Waals surface area contributed by atoms with E-state index in [0.717, 1.165) is 5.56 Å². The lowest BCUT2D eigenvalue weighted by molar-refractivity contribution is -0.140. The van der Waals surface area contributed by atoms with E-state index in [0.29, 0.717) is 32.0 Å². The molecule has 6 heteroatoms. The predicted molar refractivity (Wildman–Crippen MR) is 86.4 cm³/mol. The van der Waals surface area contributed by atoms with Crippen LogP contribution in [-0.4, -0.2) is 36.5 Å². The maximum atomic E-state index is 13.0. The number of nitrogens with two attached hydrogens (primary N) is 1. The Kier molecular flexibility index (Phi) is 7.26. The van der Waals surface area contributed by atoms with Gasteiger partial charge in [0.1, 0.15) is 11.9 Å². The van der Waals surface area contributed by atoms with Crippen molar-refractivity contribution in [2.75, 3.05) is 19.7 Å². The number of morpholine rings is 1. The molecule has 1 amide bonds. The summed E-state index contributed by atoms with van der Waals surface area (Å²) < 4.78 is 18.7. The summed E-state index contributed by atoms with van der Waals surface area (Å²) in [5.41, 5.74) is 6.85. The lowest BCUT2D eigenvalue weighted by atomic mass is 10.0. The van der Waals surface area contributed by atoms with Gasteiger partial charge in [-0.3, -0.25) is 4.79 Å². The number of carbonyl (C=O) groups excluding carboxylic acids is 1. The topological polar surface area (TPSA) is 55.6 Å². The molecular formula is C16H24ClFN2O2. The summed E-state index contributed by atoms with van der Waals surface area (Å²) in [6.45, 7) is 5.60. The highest BCUT2D eigenvalue weighted by atomic mass is 35.5. The van der Waals surface area contributed by atoms with Gasteiger partial charge in [0.2, 0.25) is 5.91 Å². The summed E-state index contributed by atoms with van der Waals surface area (Å²) in [5.74, 6) is 0.0819. The quantitative estimate of drug-likeness (QED) is 0.923. The van der Waals surface area contributed by atoms with E-state index in [1.165, 1.54) is 12.1 Å². The fourth-order valence-corrected chi connectivity index (χ4v) is 2.57. The highest BCUT2D eigenvalue weighted by Crippen LogP contribution is 2.23. The van der Waals surface area contributed by atoms with Crippen molar-refractivity contribution in [1.82, 2.24) is 4.90 Å². The second-order valence-electron chi connectivity index (χ2n) is 5.93. The minimum absolute atomic E-state index is 0. The van der Waals surface area contributed by atoms with Crippen molar-refractivity contribution in [2.45, 2.75) is 32.4 Å². The molecule has 1 heterocycles. The van der Waals surface area contributed by atoms with Crippen molar-refractivity contribution in [3.8, 4) is 0 Å². The largest absolute Gasteiger partial charge is 0.370 e. The Hall–Kier alpha value is -1.17. The van der Waals surface area contributed by atoms with Crippen LogP contribution >= 0.6 is 12.4 Å². The van der Waals surface area contributed by atoms with E-state index in [9.17, 15) is 9.18 Å². The highest BCUT2D eigenvalue weighted by molar-refractivity contribution is 5.85. The lowest BCUT2D eigenvalue weighted by Crippen LogP contribution is -2.49. The van der Waals surface area contributed by atoms with Crippen molar-refractivity contribution in [1.29, 1.82) is 0 Å². The molecule has 1 aromatic rings. The van der Waals surface area contributed by atoms with Crippen LogP contribution in [0.25, 0.3) is 0 Å². The van der Waals surface area contributed by atoms with Gasteiger partial charge in [0, 0.05) is 6.54 Å². The standard InChI is InChI=1S/C16H23FN2O2.ClH/c1-11(2)9-14(18)16(20)19-7-8-21-15(10-19)12-3-5-13(17)6-4-12;/h3-6,11,14-15H,7-10,18H2,1-2H3;1H/t14-,15?;/m0./s1. The molecule has 22 heavy (non-hydrogen) atoms. The molecule has 0 bridgehead atoms. The van der Waals surface area contributed by atoms with Gasteiger partial charge in [0.05, 0.1) is 19.2 Å². The van der Waals surface area contributed by atoms with Gasteiger partial charge in [-0.05, 0) is 30.0 Å². The van der Waals surface area contributed by atoms with Crippen LogP contribution in [-0.2, 0) is 9.53 Å². The van der Waals surface area contributed by atoms with E-state index in [-0.39, 0.29) is 30.2 Å². The van der Waals surface area contributed by atoms with Crippen molar-refractivity contribution in [2.24, 2.45) is 11.7 Å². The lowest BCUT2D eigenvalue weighted by Gasteiger charge is -2.34. The van der Waals surface area contributed by atoms with E-state index in [2.05, 4.69) is 0 Å². The van der Waals surface area contributed by atoms with Crippen LogP contribution in [0.3, 0.4) is 0 Å². The minimum Gasteiger partial charge on any atom is -0.370 e. The average molecular weight is 331 g/mol. The molecule has 0 aliphatic carbocycles. The first-order chi connectivity index (χ1) is 9.97. The van der Waals surface area contributed by atoms with Crippen LogP contribution in [0.1, 0.15) is 31.9 Å². The number of benzene rings is 1. The number of hydrogen-bond acceptors (Lipinski definition) is 3. The fourth-order valence-electron chi connectivity index (χ4n) is 2.57. The summed E-state index contributed by atoms with van der Waals surface area (Å²) in [7, 11) is 0. The highest BCUT2D eigenvalue weighted by Gasteiger charge is 2.28. The third-order valence-electron chi connectivity index (χ3n) is 3.66. The first kappa shape index (κ1) is 18.9. The zero-order valence-electron chi connectivity index (χ0n) is 13.0. The Balaban J connectivity index is 0.00000242. The van der Waals surface area contributed by atoms with Gasteiger partial charge in [-0.2, -0.15) is 0 Å². The number of rotatable bonds is 4. The molecule has 1 aliphatic rings. The molecule has 0 aromatic heterocycles. The first-order valence-corrected chi connectivity index (χ1v) is 7.39. The van der Waals surface area contributed by atoms with Gasteiger partial charge in [0.15, 0.2) is 0 Å². The fraction of sp³-hybridized carbons (Fsp3) is 0.562. The SMILES string of the molecule is CC(C)C[C@H](N)C(=O)N1CCOC(c2ccc(F)cc2)C1.Cl. The smallest absolute Gasteiger partial charge is 0.239 e. The summed E-state index contributed by atoms with van der Waals surface area (Å²) in [5, 5.41) is 0. The minimum atomic E-state index is -0.461. The zero-order valence-corrected chi connectivity index (χ0v) is 13.8. The van der Waals surface area contributed by atoms with Crippen LogP contribution < -0.4 is 5.73 Å². The van der Waals surface area contributed by atoms with E-state index in [1.54, 1.807) is 17.0 Å². The Morgan fingerprint density at radius 2 is 2.05 bits per heavy atom. The van der Waals surface area contributed by atoms with Gasteiger partial charge in [-0.1, -0.05) is 26.0 Å². The van der Waals surface area contributed by atoms with Crippen molar-refractivity contribution in [3.05, 3.63) is 35.6 Å². The maximum Gasteiger partial charge on any atom is 0.239 e. The summed E-state index contributed by atoms with van der Waals surface area (Å²) in [4.78, 5) is 14.1. The van der Waals surface area contributed by atoms with Gasteiger partial charge < -0.3 is 15.4 Å². The van der Waals surface area contributed by atoms with Crippen LogP contribution in [0.4, 0.5) is 4.39 Å². The Labute approximate surface area is 137 Å². The molecule has 0 spiro atoms. The summed E-state index contributed by atoms with van der Waals surface area (Å²) in [6.07, 6.45) is 0.465. The van der Waals surface area contributed by atoms with E-state index in [4.69, 9.17) is 10.5 Å². The van der Waals surface area contributed by atoms with Crippen molar-refractivity contribution >= 4 is 18.3 Å². The first-order valence-electron chi connectivity index (χ1n) is 7.39. The van der Waals surface area contributed by atoms with E-state index >= 15 is 0 Å². The van der Waals surface area contributed by atoms with Crippen LogP contribution in [0, 0.1) is 11.7 Å². The molecule has 2 rings (SSSR count). The summed E-state index contributed by atoms with van der Waals surface area (Å²) >= 11 is 0. The second-order valence-corrected chi connectivity index (χ2v) is 5.93. The second kappa shape index (κ2) is 8.46. The molecular weight excluding hydrogens is 307 g/mol. The number of nitrogens with zero attached hydrogens (tertiary/aromatic N) is 1. The van der Waals surface area contributed by atoms with Crippen LogP contribution in [0.5, 0.6) is 0 Å². The maximum absolute atomic E-state index is 13.0. The molecule has 1 unspecified atom stereocenters. The molecule has 2 N–H and O–H groups in total. The molecule has 4 nitrogen and oxygen atoms in total. The molecule has 1 aliphatic heterocycles. The molecule has 1 aromatic carbocycles. The molecule has 0 saturated carbocycles. The third kappa shape index (κ3) is 4.93. The predicted octanol–water partition coefficient (Wildman–Crippen LogP) is 2.52. The van der Waals surface area contributed by atoms with Crippen molar-refractivity contribution < 1.29 is 13.9 Å². The number of hydrogen-bond donors (Lipinski definition) is 1. The van der Waals surface area contributed by atoms with Gasteiger partial charge in [-0.15, -0.1) is 12.4 Å². The number of amides is 1. The Morgan fingerprint density at radius 1 is 1.41 bits per heavy atom. The van der Waals surface area contributed by atoms with Crippen LogP contribution in [0.2, 0.25) is 0 Å². The van der Waals surface area contributed by atoms with Gasteiger partial charge in [-0.25, -0.2) is 4.39 Å². The number of carbonyl (C=O) groups is 1. The van der Waals surface area contributed by atoms with E-state index < -0.39 is 6.04 Å². The molecule has 1 fully saturated rings. The molecule has 2 atom stereocenters. The molecule has 124 valence electrons. The Bertz CT molecular complexity index is 482. The normalized spacial score (nSPS) is 19.7. The van der Waals surface area contributed by atoms with Gasteiger partial charge >= 0.3 is 0 Å². The molecule has 1 saturated heterocycles. The average Bonchev–Trinajstić information content (AvgIpc) is 2.46. The van der Waals surface area contributed by atoms with Gasteiger partial charge in [0.25, 0.3) is 0 Å². The van der Waals surface area contributed by atoms with E-state index in [1.807, 2.05) is 13.8 Å².